The molecule has 0 unspecified atom stereocenters. The Bertz CT molecular complexity index is 1320. The topological polar surface area (TPSA) is 77.7 Å². The number of nitrogens with zero attached hydrogens (tertiary/aromatic N) is 3. The highest BCUT2D eigenvalue weighted by Crippen LogP contribution is 2.37. The summed E-state index contributed by atoms with van der Waals surface area (Å²) < 4.78 is 17.1. The maximum atomic E-state index is 13.3. The van der Waals surface area contributed by atoms with E-state index in [0.29, 0.717) is 47.0 Å². The number of halogens is 1. The molecule has 0 atom stereocenters. The molecule has 0 saturated heterocycles. The molecular formula is C25H22ClN3O4S. The molecule has 34 heavy (non-hydrogen) atoms. The summed E-state index contributed by atoms with van der Waals surface area (Å²) in [6, 6.07) is 16.9. The molecule has 0 bridgehead atoms. The van der Waals surface area contributed by atoms with Gasteiger partial charge in [0.25, 0.3) is 5.91 Å². The van der Waals surface area contributed by atoms with Crippen LogP contribution in [0.5, 0.6) is 11.5 Å². The number of carbonyl (C=O) groups is 1. The van der Waals surface area contributed by atoms with Crippen LogP contribution >= 0.6 is 22.9 Å². The Balaban J connectivity index is 1.34. The molecule has 3 heterocycles. The molecule has 4 aromatic rings. The lowest BCUT2D eigenvalue weighted by atomic mass is 10.1. The quantitative estimate of drug-likeness (QED) is 0.315. The van der Waals surface area contributed by atoms with Crippen molar-refractivity contribution in [3.8, 4) is 33.4 Å². The second-order valence-electron chi connectivity index (χ2n) is 7.73. The third-order valence-corrected chi connectivity index (χ3v) is 6.77. The van der Waals surface area contributed by atoms with Crippen molar-refractivity contribution in [3.05, 3.63) is 70.4 Å². The molecule has 0 fully saturated rings. The van der Waals surface area contributed by atoms with Crippen LogP contribution in [-0.2, 0) is 6.54 Å². The Kier molecular flexibility index (Phi) is 6.51. The summed E-state index contributed by atoms with van der Waals surface area (Å²) in [4.78, 5) is 16.7. The number of fused-ring (bicyclic) bond motifs is 1. The maximum Gasteiger partial charge on any atom is 0.264 e. The minimum absolute atomic E-state index is 0.0758. The van der Waals surface area contributed by atoms with Crippen molar-refractivity contribution in [2.24, 2.45) is 0 Å². The van der Waals surface area contributed by atoms with Crippen LogP contribution in [0.1, 0.15) is 28.9 Å². The Morgan fingerprint density at radius 3 is 2.71 bits per heavy atom. The number of ether oxygens (including phenoxy) is 2. The van der Waals surface area contributed by atoms with Crippen LogP contribution in [0.25, 0.3) is 21.9 Å². The smallest absolute Gasteiger partial charge is 0.264 e. The van der Waals surface area contributed by atoms with E-state index in [2.05, 4.69) is 10.2 Å². The fraction of sp³-hybridized carbons (Fsp3) is 0.240. The predicted octanol–water partition coefficient (Wildman–Crippen LogP) is 5.94. The molecule has 1 aliphatic rings. The van der Waals surface area contributed by atoms with Gasteiger partial charge in [-0.2, -0.15) is 0 Å². The SMILES string of the molecule is CCCN(Cc1nnc(-c2ccccc2Cl)o1)C(=O)c1ccc(-c2ccc3c(c2)OCCO3)s1. The predicted molar refractivity (Wildman–Crippen MR) is 131 cm³/mol. The first kappa shape index (κ1) is 22.4. The molecule has 174 valence electrons. The number of carbonyl (C=O) groups excluding carboxylic acids is 1. The minimum atomic E-state index is -0.0758. The number of hydrogen-bond donors (Lipinski definition) is 0. The zero-order valence-corrected chi connectivity index (χ0v) is 20.1. The largest absolute Gasteiger partial charge is 0.486 e. The summed E-state index contributed by atoms with van der Waals surface area (Å²) >= 11 is 7.68. The first-order chi connectivity index (χ1) is 16.6. The Morgan fingerprint density at radius 2 is 1.88 bits per heavy atom. The maximum absolute atomic E-state index is 13.3. The molecule has 1 aliphatic heterocycles. The van der Waals surface area contributed by atoms with Gasteiger partial charge in [-0.1, -0.05) is 30.7 Å². The highest BCUT2D eigenvalue weighted by Gasteiger charge is 2.22. The van der Waals surface area contributed by atoms with Crippen molar-refractivity contribution in [3.63, 3.8) is 0 Å². The molecule has 9 heteroatoms. The summed E-state index contributed by atoms with van der Waals surface area (Å²) in [5.41, 5.74) is 1.65. The van der Waals surface area contributed by atoms with Crippen molar-refractivity contribution in [1.82, 2.24) is 15.1 Å². The van der Waals surface area contributed by atoms with Gasteiger partial charge < -0.3 is 18.8 Å². The average Bonchev–Trinajstić information content (AvgIpc) is 3.54. The molecule has 0 aliphatic carbocycles. The van der Waals surface area contributed by atoms with Crippen LogP contribution in [0.2, 0.25) is 5.02 Å². The molecule has 0 radical (unpaired) electrons. The van der Waals surface area contributed by atoms with E-state index in [0.717, 1.165) is 28.4 Å². The molecule has 2 aromatic carbocycles. The van der Waals surface area contributed by atoms with Crippen LogP contribution in [0.4, 0.5) is 0 Å². The summed E-state index contributed by atoms with van der Waals surface area (Å²) in [7, 11) is 0. The van der Waals surface area contributed by atoms with Gasteiger partial charge in [0.1, 0.15) is 13.2 Å². The molecule has 0 N–H and O–H groups in total. The fourth-order valence-corrected chi connectivity index (χ4v) is 4.89. The highest BCUT2D eigenvalue weighted by atomic mass is 35.5. The fourth-order valence-electron chi connectivity index (χ4n) is 3.71. The van der Waals surface area contributed by atoms with E-state index in [1.807, 2.05) is 55.5 Å². The molecule has 0 spiro atoms. The zero-order valence-electron chi connectivity index (χ0n) is 18.5. The lowest BCUT2D eigenvalue weighted by Crippen LogP contribution is -2.30. The normalized spacial score (nSPS) is 12.5. The summed E-state index contributed by atoms with van der Waals surface area (Å²) in [6.45, 7) is 3.90. The van der Waals surface area contributed by atoms with Gasteiger partial charge >= 0.3 is 0 Å². The van der Waals surface area contributed by atoms with Gasteiger partial charge in [-0.15, -0.1) is 21.5 Å². The second kappa shape index (κ2) is 9.87. The molecular weight excluding hydrogens is 474 g/mol. The van der Waals surface area contributed by atoms with Gasteiger partial charge in [0.05, 0.1) is 22.0 Å². The summed E-state index contributed by atoms with van der Waals surface area (Å²) in [6.07, 6.45) is 0.803. The van der Waals surface area contributed by atoms with Crippen molar-refractivity contribution in [2.75, 3.05) is 19.8 Å². The Hall–Kier alpha value is -3.36. The summed E-state index contributed by atoms with van der Waals surface area (Å²) in [5.74, 6) is 2.09. The number of aromatic nitrogens is 2. The van der Waals surface area contributed by atoms with Gasteiger partial charge in [0.15, 0.2) is 11.5 Å². The van der Waals surface area contributed by atoms with E-state index in [1.165, 1.54) is 11.3 Å². The third kappa shape index (κ3) is 4.64. The van der Waals surface area contributed by atoms with Gasteiger partial charge in [0.2, 0.25) is 11.8 Å². The number of hydrogen-bond acceptors (Lipinski definition) is 7. The van der Waals surface area contributed by atoms with Crippen molar-refractivity contribution >= 4 is 28.8 Å². The van der Waals surface area contributed by atoms with E-state index in [1.54, 1.807) is 11.0 Å². The molecule has 7 nitrogen and oxygen atoms in total. The van der Waals surface area contributed by atoms with Crippen LogP contribution in [-0.4, -0.2) is 40.8 Å². The first-order valence-corrected chi connectivity index (χ1v) is 12.2. The zero-order chi connectivity index (χ0) is 23.5. The number of benzene rings is 2. The Morgan fingerprint density at radius 1 is 1.06 bits per heavy atom. The average molecular weight is 496 g/mol. The Labute approximate surface area is 205 Å². The lowest BCUT2D eigenvalue weighted by Gasteiger charge is -2.19. The molecule has 0 saturated carbocycles. The molecule has 5 rings (SSSR count). The van der Waals surface area contributed by atoms with Gasteiger partial charge in [0, 0.05) is 11.4 Å². The number of amides is 1. The number of rotatable bonds is 7. The standard InChI is InChI=1S/C25H22ClN3O4S/c1-2-11-29(15-23-27-28-24(33-23)17-5-3-4-6-18(17)26)25(30)22-10-9-21(34-22)16-7-8-19-20(14-16)32-13-12-31-19/h3-10,14H,2,11-13,15H2,1H3. The first-order valence-electron chi connectivity index (χ1n) is 11.0. The van der Waals surface area contributed by atoms with E-state index in [4.69, 9.17) is 25.5 Å². The lowest BCUT2D eigenvalue weighted by molar-refractivity contribution is 0.0733. The van der Waals surface area contributed by atoms with E-state index >= 15 is 0 Å². The van der Waals surface area contributed by atoms with E-state index < -0.39 is 0 Å². The third-order valence-electron chi connectivity index (χ3n) is 5.32. The van der Waals surface area contributed by atoms with Crippen molar-refractivity contribution in [1.29, 1.82) is 0 Å². The number of thiophene rings is 1. The highest BCUT2D eigenvalue weighted by molar-refractivity contribution is 7.17. The monoisotopic (exact) mass is 495 g/mol. The minimum Gasteiger partial charge on any atom is -0.486 e. The van der Waals surface area contributed by atoms with Crippen LogP contribution in [0.3, 0.4) is 0 Å². The second-order valence-corrected chi connectivity index (χ2v) is 9.22. The van der Waals surface area contributed by atoms with Gasteiger partial charge in [-0.3, -0.25) is 4.79 Å². The van der Waals surface area contributed by atoms with Gasteiger partial charge in [-0.25, -0.2) is 0 Å². The van der Waals surface area contributed by atoms with Crippen molar-refractivity contribution in [2.45, 2.75) is 19.9 Å². The van der Waals surface area contributed by atoms with Gasteiger partial charge in [-0.05, 0) is 54.4 Å². The van der Waals surface area contributed by atoms with Crippen LogP contribution < -0.4 is 9.47 Å². The van der Waals surface area contributed by atoms with E-state index in [9.17, 15) is 4.79 Å². The summed E-state index contributed by atoms with van der Waals surface area (Å²) in [5, 5.41) is 8.78. The van der Waals surface area contributed by atoms with Crippen LogP contribution in [0.15, 0.2) is 59.0 Å². The molecule has 2 aromatic heterocycles. The molecule has 1 amide bonds. The van der Waals surface area contributed by atoms with Crippen molar-refractivity contribution < 1.29 is 18.7 Å². The van der Waals surface area contributed by atoms with Crippen LogP contribution in [0, 0.1) is 0 Å². The van der Waals surface area contributed by atoms with E-state index in [-0.39, 0.29) is 12.5 Å².